The summed E-state index contributed by atoms with van der Waals surface area (Å²) >= 11 is 0. The molecule has 1 rings (SSSR count). The summed E-state index contributed by atoms with van der Waals surface area (Å²) in [6.45, 7) is 4.41. The van der Waals surface area contributed by atoms with Gasteiger partial charge >= 0.3 is 0 Å². The lowest BCUT2D eigenvalue weighted by Gasteiger charge is -2.18. The minimum Gasteiger partial charge on any atom is -0.493 e. The molecule has 1 atom stereocenters. The molecule has 0 aliphatic carbocycles. The van der Waals surface area contributed by atoms with E-state index >= 15 is 0 Å². The average molecular weight is 237 g/mol. The van der Waals surface area contributed by atoms with Gasteiger partial charge in [-0.1, -0.05) is 26.0 Å². The summed E-state index contributed by atoms with van der Waals surface area (Å²) in [6, 6.07) is 5.85. The van der Waals surface area contributed by atoms with Crippen LogP contribution >= 0.6 is 0 Å². The SMILES string of the molecule is COc1cccc([C@@H](N)CCC(C)C)c1OC. The van der Waals surface area contributed by atoms with Crippen molar-refractivity contribution >= 4 is 0 Å². The van der Waals surface area contributed by atoms with Crippen molar-refractivity contribution in [1.29, 1.82) is 0 Å². The Balaban J connectivity index is 2.88. The van der Waals surface area contributed by atoms with Gasteiger partial charge in [0.25, 0.3) is 0 Å². The predicted molar refractivity (Wildman–Crippen MR) is 70.5 cm³/mol. The Morgan fingerprint density at radius 3 is 2.35 bits per heavy atom. The Morgan fingerprint density at radius 2 is 1.82 bits per heavy atom. The molecule has 3 heteroatoms. The second kappa shape index (κ2) is 6.50. The van der Waals surface area contributed by atoms with Crippen molar-refractivity contribution in [3.63, 3.8) is 0 Å². The van der Waals surface area contributed by atoms with E-state index < -0.39 is 0 Å². The maximum atomic E-state index is 6.21. The fraction of sp³-hybridized carbons (Fsp3) is 0.571. The zero-order chi connectivity index (χ0) is 12.8. The van der Waals surface area contributed by atoms with Crippen LogP contribution < -0.4 is 15.2 Å². The van der Waals surface area contributed by atoms with Gasteiger partial charge in [0, 0.05) is 11.6 Å². The summed E-state index contributed by atoms with van der Waals surface area (Å²) < 4.78 is 10.7. The van der Waals surface area contributed by atoms with Crippen LogP contribution in [0.3, 0.4) is 0 Å². The zero-order valence-electron chi connectivity index (χ0n) is 11.2. The topological polar surface area (TPSA) is 44.5 Å². The predicted octanol–water partition coefficient (Wildman–Crippen LogP) is 3.14. The maximum absolute atomic E-state index is 6.21. The van der Waals surface area contributed by atoms with Gasteiger partial charge in [-0.3, -0.25) is 0 Å². The molecule has 0 aliphatic heterocycles. The third-order valence-corrected chi connectivity index (χ3v) is 2.89. The van der Waals surface area contributed by atoms with E-state index in [2.05, 4.69) is 13.8 Å². The summed E-state index contributed by atoms with van der Waals surface area (Å²) in [6.07, 6.45) is 2.07. The monoisotopic (exact) mass is 237 g/mol. The molecular formula is C14H23NO2. The highest BCUT2D eigenvalue weighted by Gasteiger charge is 2.15. The molecule has 0 heterocycles. The van der Waals surface area contributed by atoms with Crippen LogP contribution in [0.1, 0.15) is 38.3 Å². The third-order valence-electron chi connectivity index (χ3n) is 2.89. The molecule has 0 bridgehead atoms. The lowest BCUT2D eigenvalue weighted by atomic mass is 9.97. The first-order valence-electron chi connectivity index (χ1n) is 6.06. The first kappa shape index (κ1) is 13.8. The van der Waals surface area contributed by atoms with Gasteiger partial charge in [-0.15, -0.1) is 0 Å². The Kier molecular flexibility index (Phi) is 5.29. The first-order chi connectivity index (χ1) is 8.10. The Hall–Kier alpha value is -1.22. The number of hydrogen-bond donors (Lipinski definition) is 1. The van der Waals surface area contributed by atoms with Crippen LogP contribution in [0.5, 0.6) is 11.5 Å². The fourth-order valence-corrected chi connectivity index (χ4v) is 1.87. The number of methoxy groups -OCH3 is 2. The summed E-state index contributed by atoms with van der Waals surface area (Å²) in [5.74, 6) is 2.16. The number of nitrogens with two attached hydrogens (primary N) is 1. The minimum absolute atomic E-state index is 0.00227. The van der Waals surface area contributed by atoms with Crippen LogP contribution in [0, 0.1) is 5.92 Å². The molecule has 0 unspecified atom stereocenters. The first-order valence-corrected chi connectivity index (χ1v) is 6.06. The quantitative estimate of drug-likeness (QED) is 0.826. The van der Waals surface area contributed by atoms with E-state index in [4.69, 9.17) is 15.2 Å². The summed E-state index contributed by atoms with van der Waals surface area (Å²) in [5.41, 5.74) is 7.23. The van der Waals surface area contributed by atoms with E-state index in [0.717, 1.165) is 29.9 Å². The molecule has 0 fully saturated rings. The van der Waals surface area contributed by atoms with Crippen molar-refractivity contribution in [2.45, 2.75) is 32.7 Å². The Labute approximate surface area is 104 Å². The summed E-state index contributed by atoms with van der Waals surface area (Å²) in [5, 5.41) is 0. The van der Waals surface area contributed by atoms with E-state index in [1.165, 1.54) is 0 Å². The minimum atomic E-state index is 0.00227. The lowest BCUT2D eigenvalue weighted by molar-refractivity contribution is 0.347. The van der Waals surface area contributed by atoms with Gasteiger partial charge in [0.15, 0.2) is 11.5 Å². The number of ether oxygens (including phenoxy) is 2. The largest absolute Gasteiger partial charge is 0.493 e. The van der Waals surface area contributed by atoms with Gasteiger partial charge < -0.3 is 15.2 Å². The fourth-order valence-electron chi connectivity index (χ4n) is 1.87. The molecule has 0 saturated carbocycles. The number of benzene rings is 1. The van der Waals surface area contributed by atoms with E-state index in [-0.39, 0.29) is 6.04 Å². The second-order valence-electron chi connectivity index (χ2n) is 4.66. The average Bonchev–Trinajstić information content (AvgIpc) is 2.34. The van der Waals surface area contributed by atoms with Gasteiger partial charge in [-0.25, -0.2) is 0 Å². The van der Waals surface area contributed by atoms with Crippen molar-refractivity contribution in [3.8, 4) is 11.5 Å². The van der Waals surface area contributed by atoms with Crippen LogP contribution in [-0.4, -0.2) is 14.2 Å². The van der Waals surface area contributed by atoms with Crippen LogP contribution in [0.15, 0.2) is 18.2 Å². The normalized spacial score (nSPS) is 12.6. The van der Waals surface area contributed by atoms with Crippen LogP contribution in [0.25, 0.3) is 0 Å². The highest BCUT2D eigenvalue weighted by atomic mass is 16.5. The highest BCUT2D eigenvalue weighted by molar-refractivity contribution is 5.47. The van der Waals surface area contributed by atoms with Crippen LogP contribution in [0.4, 0.5) is 0 Å². The summed E-state index contributed by atoms with van der Waals surface area (Å²) in [4.78, 5) is 0. The van der Waals surface area contributed by atoms with E-state index in [0.29, 0.717) is 5.92 Å². The van der Waals surface area contributed by atoms with Crippen molar-refractivity contribution in [1.82, 2.24) is 0 Å². The van der Waals surface area contributed by atoms with E-state index in [1.54, 1.807) is 14.2 Å². The van der Waals surface area contributed by atoms with Gasteiger partial charge in [0.1, 0.15) is 0 Å². The smallest absolute Gasteiger partial charge is 0.165 e. The number of para-hydroxylation sites is 1. The molecule has 3 nitrogen and oxygen atoms in total. The van der Waals surface area contributed by atoms with Gasteiger partial charge in [-0.05, 0) is 24.8 Å². The molecule has 2 N–H and O–H groups in total. The third kappa shape index (κ3) is 3.63. The zero-order valence-corrected chi connectivity index (χ0v) is 11.2. The molecule has 0 aromatic heterocycles. The molecule has 17 heavy (non-hydrogen) atoms. The molecule has 0 amide bonds. The van der Waals surface area contributed by atoms with Gasteiger partial charge in [-0.2, -0.15) is 0 Å². The van der Waals surface area contributed by atoms with Crippen molar-refractivity contribution in [2.24, 2.45) is 11.7 Å². The lowest BCUT2D eigenvalue weighted by Crippen LogP contribution is -2.13. The number of rotatable bonds is 6. The van der Waals surface area contributed by atoms with Crippen LogP contribution in [0.2, 0.25) is 0 Å². The van der Waals surface area contributed by atoms with Gasteiger partial charge in [0.05, 0.1) is 14.2 Å². The second-order valence-corrected chi connectivity index (χ2v) is 4.66. The Morgan fingerprint density at radius 1 is 1.12 bits per heavy atom. The molecular weight excluding hydrogens is 214 g/mol. The summed E-state index contributed by atoms with van der Waals surface area (Å²) in [7, 11) is 3.29. The maximum Gasteiger partial charge on any atom is 0.165 e. The molecule has 0 radical (unpaired) electrons. The molecule has 0 spiro atoms. The standard InChI is InChI=1S/C14H23NO2/c1-10(2)8-9-12(15)11-6-5-7-13(16-3)14(11)17-4/h5-7,10,12H,8-9,15H2,1-4H3/t12-/m0/s1. The molecule has 1 aromatic carbocycles. The van der Waals surface area contributed by atoms with Gasteiger partial charge in [0.2, 0.25) is 0 Å². The van der Waals surface area contributed by atoms with E-state index in [1.807, 2.05) is 18.2 Å². The molecule has 96 valence electrons. The van der Waals surface area contributed by atoms with Crippen molar-refractivity contribution in [2.75, 3.05) is 14.2 Å². The van der Waals surface area contributed by atoms with Crippen molar-refractivity contribution in [3.05, 3.63) is 23.8 Å². The van der Waals surface area contributed by atoms with Crippen LogP contribution in [-0.2, 0) is 0 Å². The number of hydrogen-bond acceptors (Lipinski definition) is 3. The van der Waals surface area contributed by atoms with Crippen molar-refractivity contribution < 1.29 is 9.47 Å². The molecule has 0 aliphatic rings. The van der Waals surface area contributed by atoms with E-state index in [9.17, 15) is 0 Å². The molecule has 0 saturated heterocycles. The molecule has 1 aromatic rings. The Bertz CT molecular complexity index is 350. The highest BCUT2D eigenvalue weighted by Crippen LogP contribution is 2.35.